The largest absolute Gasteiger partial charge is 0.497 e. The number of hydrogen-bond acceptors (Lipinski definition) is 4. The van der Waals surface area contributed by atoms with E-state index in [0.29, 0.717) is 4.67 Å². The van der Waals surface area contributed by atoms with Gasteiger partial charge in [-0.1, -0.05) is 12.1 Å². The molecule has 1 atom stereocenters. The molecular formula is C13H15BrN2O2. The van der Waals surface area contributed by atoms with Gasteiger partial charge in [-0.3, -0.25) is 5.84 Å². The summed E-state index contributed by atoms with van der Waals surface area (Å²) in [6.45, 7) is 0. The maximum Gasteiger partial charge on any atom is 0.169 e. The van der Waals surface area contributed by atoms with Crippen molar-refractivity contribution in [2.24, 2.45) is 5.84 Å². The van der Waals surface area contributed by atoms with Crippen molar-refractivity contribution in [2.45, 2.75) is 12.5 Å². The summed E-state index contributed by atoms with van der Waals surface area (Å²) in [4.78, 5) is 0. The number of furan rings is 1. The third kappa shape index (κ3) is 3.13. The summed E-state index contributed by atoms with van der Waals surface area (Å²) in [5, 5.41) is 0. The molecule has 96 valence electrons. The Kier molecular flexibility index (Phi) is 4.41. The normalized spacial score (nSPS) is 12.4. The van der Waals surface area contributed by atoms with Crippen LogP contribution in [0, 0.1) is 0 Å². The van der Waals surface area contributed by atoms with Crippen molar-refractivity contribution in [1.29, 1.82) is 0 Å². The molecule has 1 heterocycles. The highest BCUT2D eigenvalue weighted by Gasteiger charge is 2.14. The van der Waals surface area contributed by atoms with Gasteiger partial charge in [-0.15, -0.1) is 0 Å². The molecule has 0 aliphatic carbocycles. The second-order valence-electron chi connectivity index (χ2n) is 3.92. The Hall–Kier alpha value is -1.30. The zero-order valence-electron chi connectivity index (χ0n) is 10.0. The van der Waals surface area contributed by atoms with Gasteiger partial charge in [-0.05, 0) is 52.2 Å². The monoisotopic (exact) mass is 310 g/mol. The van der Waals surface area contributed by atoms with Gasteiger partial charge < -0.3 is 9.15 Å². The zero-order valence-corrected chi connectivity index (χ0v) is 11.6. The van der Waals surface area contributed by atoms with Gasteiger partial charge in [0.05, 0.1) is 13.2 Å². The first-order valence-corrected chi connectivity index (χ1v) is 6.36. The van der Waals surface area contributed by atoms with Crippen LogP contribution in [0.4, 0.5) is 0 Å². The number of benzene rings is 1. The second kappa shape index (κ2) is 6.04. The predicted octanol–water partition coefficient (Wildman–Crippen LogP) is 2.80. The Morgan fingerprint density at radius 3 is 2.83 bits per heavy atom. The SMILES string of the molecule is COc1cccc(CC(NN)c2ccc(Br)o2)c1. The minimum atomic E-state index is -0.0663. The maximum atomic E-state index is 5.58. The third-order valence-corrected chi connectivity index (χ3v) is 3.14. The van der Waals surface area contributed by atoms with Crippen molar-refractivity contribution in [1.82, 2.24) is 5.43 Å². The molecule has 3 N–H and O–H groups in total. The van der Waals surface area contributed by atoms with E-state index in [1.54, 1.807) is 7.11 Å². The number of nitrogens with one attached hydrogen (secondary N) is 1. The average molecular weight is 311 g/mol. The van der Waals surface area contributed by atoms with Gasteiger partial charge >= 0.3 is 0 Å². The van der Waals surface area contributed by atoms with Gasteiger partial charge in [0.2, 0.25) is 0 Å². The summed E-state index contributed by atoms with van der Waals surface area (Å²) in [6.07, 6.45) is 0.730. The van der Waals surface area contributed by atoms with E-state index < -0.39 is 0 Å². The molecule has 4 nitrogen and oxygen atoms in total. The molecule has 1 aromatic heterocycles. The molecular weight excluding hydrogens is 296 g/mol. The Morgan fingerprint density at radius 2 is 2.22 bits per heavy atom. The standard InChI is InChI=1S/C13H15BrN2O2/c1-17-10-4-2-3-9(7-10)8-11(16-15)12-5-6-13(14)18-12/h2-7,11,16H,8,15H2,1H3. The molecule has 2 aromatic rings. The number of halogens is 1. The van der Waals surface area contributed by atoms with Crippen LogP contribution >= 0.6 is 15.9 Å². The highest BCUT2D eigenvalue weighted by molar-refractivity contribution is 9.10. The fraction of sp³-hybridized carbons (Fsp3) is 0.231. The Balaban J connectivity index is 2.14. The van der Waals surface area contributed by atoms with Crippen LogP contribution in [0.15, 0.2) is 45.5 Å². The van der Waals surface area contributed by atoms with Crippen molar-refractivity contribution in [3.05, 3.63) is 52.4 Å². The van der Waals surface area contributed by atoms with E-state index in [4.69, 9.17) is 15.0 Å². The van der Waals surface area contributed by atoms with Crippen molar-refractivity contribution >= 4 is 15.9 Å². The lowest BCUT2D eigenvalue weighted by atomic mass is 10.0. The van der Waals surface area contributed by atoms with Crippen molar-refractivity contribution in [3.8, 4) is 5.75 Å². The Bertz CT molecular complexity index is 513. The minimum Gasteiger partial charge on any atom is -0.497 e. The van der Waals surface area contributed by atoms with Crippen LogP contribution in [0.2, 0.25) is 0 Å². The molecule has 5 heteroatoms. The molecule has 0 saturated heterocycles. The molecule has 0 aliphatic heterocycles. The Morgan fingerprint density at radius 1 is 1.39 bits per heavy atom. The highest BCUT2D eigenvalue weighted by atomic mass is 79.9. The lowest BCUT2D eigenvalue weighted by molar-refractivity contribution is 0.401. The van der Waals surface area contributed by atoms with Crippen LogP contribution in [0.3, 0.4) is 0 Å². The summed E-state index contributed by atoms with van der Waals surface area (Å²) in [5.74, 6) is 7.21. The highest BCUT2D eigenvalue weighted by Crippen LogP contribution is 2.24. The van der Waals surface area contributed by atoms with Crippen molar-refractivity contribution in [2.75, 3.05) is 7.11 Å². The maximum absolute atomic E-state index is 5.58. The van der Waals surface area contributed by atoms with Crippen LogP contribution in [-0.4, -0.2) is 7.11 Å². The van der Waals surface area contributed by atoms with Gasteiger partial charge in [-0.25, -0.2) is 5.43 Å². The quantitative estimate of drug-likeness (QED) is 0.658. The number of hydrogen-bond donors (Lipinski definition) is 2. The van der Waals surface area contributed by atoms with E-state index in [-0.39, 0.29) is 6.04 Å². The number of hydrazine groups is 1. The van der Waals surface area contributed by atoms with Crippen molar-refractivity contribution < 1.29 is 9.15 Å². The van der Waals surface area contributed by atoms with E-state index in [2.05, 4.69) is 21.4 Å². The lowest BCUT2D eigenvalue weighted by Gasteiger charge is -2.13. The van der Waals surface area contributed by atoms with Gasteiger partial charge in [0.1, 0.15) is 11.5 Å². The second-order valence-corrected chi connectivity index (χ2v) is 4.70. The predicted molar refractivity (Wildman–Crippen MR) is 73.2 cm³/mol. The topological polar surface area (TPSA) is 60.4 Å². The zero-order chi connectivity index (χ0) is 13.0. The van der Waals surface area contributed by atoms with Crippen LogP contribution < -0.4 is 16.0 Å². The lowest BCUT2D eigenvalue weighted by Crippen LogP contribution is -2.29. The fourth-order valence-corrected chi connectivity index (χ4v) is 2.11. The van der Waals surface area contributed by atoms with E-state index in [0.717, 1.165) is 23.5 Å². The summed E-state index contributed by atoms with van der Waals surface area (Å²) in [5.41, 5.74) is 3.89. The van der Waals surface area contributed by atoms with Gasteiger partial charge in [0, 0.05) is 0 Å². The smallest absolute Gasteiger partial charge is 0.169 e. The molecule has 0 aliphatic rings. The molecule has 0 bridgehead atoms. The molecule has 1 aromatic carbocycles. The van der Waals surface area contributed by atoms with Gasteiger partial charge in [0.15, 0.2) is 4.67 Å². The summed E-state index contributed by atoms with van der Waals surface area (Å²) >= 11 is 3.28. The minimum absolute atomic E-state index is 0.0663. The molecule has 0 fully saturated rings. The Labute approximate surface area is 114 Å². The van der Waals surface area contributed by atoms with E-state index in [9.17, 15) is 0 Å². The third-order valence-electron chi connectivity index (χ3n) is 2.71. The molecule has 1 unspecified atom stereocenters. The fourth-order valence-electron chi connectivity index (χ4n) is 1.79. The summed E-state index contributed by atoms with van der Waals surface area (Å²) in [6, 6.07) is 11.6. The van der Waals surface area contributed by atoms with Crippen LogP contribution in [0.25, 0.3) is 0 Å². The first kappa shape index (κ1) is 13.1. The van der Waals surface area contributed by atoms with Crippen LogP contribution in [0.5, 0.6) is 5.75 Å². The van der Waals surface area contributed by atoms with Gasteiger partial charge in [-0.2, -0.15) is 0 Å². The van der Waals surface area contributed by atoms with E-state index >= 15 is 0 Å². The number of rotatable bonds is 5. The summed E-state index contributed by atoms with van der Waals surface area (Å²) < 4.78 is 11.4. The van der Waals surface area contributed by atoms with Crippen LogP contribution in [0.1, 0.15) is 17.4 Å². The molecule has 0 amide bonds. The van der Waals surface area contributed by atoms with E-state index in [1.807, 2.05) is 36.4 Å². The molecule has 18 heavy (non-hydrogen) atoms. The van der Waals surface area contributed by atoms with Crippen LogP contribution in [-0.2, 0) is 6.42 Å². The number of nitrogens with two attached hydrogens (primary N) is 1. The molecule has 0 spiro atoms. The number of methoxy groups -OCH3 is 1. The molecule has 2 rings (SSSR count). The first-order chi connectivity index (χ1) is 8.72. The first-order valence-electron chi connectivity index (χ1n) is 5.57. The number of ether oxygens (including phenoxy) is 1. The average Bonchev–Trinajstić information content (AvgIpc) is 2.82. The van der Waals surface area contributed by atoms with Crippen molar-refractivity contribution in [3.63, 3.8) is 0 Å². The molecule has 0 saturated carbocycles. The summed E-state index contributed by atoms with van der Waals surface area (Å²) in [7, 11) is 1.65. The van der Waals surface area contributed by atoms with E-state index in [1.165, 1.54) is 0 Å². The molecule has 0 radical (unpaired) electrons. The van der Waals surface area contributed by atoms with Gasteiger partial charge in [0.25, 0.3) is 0 Å².